The van der Waals surface area contributed by atoms with Crippen molar-refractivity contribution < 1.29 is 0 Å². The van der Waals surface area contributed by atoms with Gasteiger partial charge in [-0.15, -0.1) is 11.3 Å². The minimum atomic E-state index is 0.549. The van der Waals surface area contributed by atoms with Crippen LogP contribution in [0, 0.1) is 13.8 Å². The number of anilines is 1. The largest absolute Gasteiger partial charge is 0.366 e. The second-order valence-corrected chi connectivity index (χ2v) is 6.97. The molecule has 108 valence electrons. The van der Waals surface area contributed by atoms with Gasteiger partial charge < -0.3 is 5.32 Å². The summed E-state index contributed by atoms with van der Waals surface area (Å²) in [5.41, 5.74) is 2.88. The topological polar surface area (TPSA) is 50.7 Å². The number of hydrogen-bond donors (Lipinski definition) is 1. The lowest BCUT2D eigenvalue weighted by atomic mass is 9.93. The van der Waals surface area contributed by atoms with E-state index in [9.17, 15) is 0 Å². The zero-order chi connectivity index (χ0) is 14.6. The van der Waals surface area contributed by atoms with Crippen LogP contribution < -0.4 is 5.32 Å². The first-order chi connectivity index (χ1) is 10.1. The zero-order valence-electron chi connectivity index (χ0n) is 11.9. The summed E-state index contributed by atoms with van der Waals surface area (Å²) < 4.78 is 1.08. The number of thiophene rings is 1. The van der Waals surface area contributed by atoms with Crippen molar-refractivity contribution in [3.63, 3.8) is 0 Å². The predicted molar refractivity (Wildman–Crippen MR) is 88.5 cm³/mol. The lowest BCUT2D eigenvalue weighted by Crippen LogP contribution is -2.27. The van der Waals surface area contributed by atoms with Crippen LogP contribution in [0.2, 0.25) is 5.02 Å². The minimum absolute atomic E-state index is 0.549. The van der Waals surface area contributed by atoms with Gasteiger partial charge in [-0.05, 0) is 38.7 Å². The van der Waals surface area contributed by atoms with E-state index in [1.165, 1.54) is 19.3 Å². The summed E-state index contributed by atoms with van der Waals surface area (Å²) in [7, 11) is 0. The van der Waals surface area contributed by atoms with E-state index >= 15 is 0 Å². The molecular formula is C15H15ClN4S. The first-order valence-corrected chi connectivity index (χ1v) is 8.31. The molecule has 1 aliphatic carbocycles. The second-order valence-electron chi connectivity index (χ2n) is 5.59. The fourth-order valence-corrected chi connectivity index (χ4v) is 4.07. The Morgan fingerprint density at radius 2 is 2.10 bits per heavy atom. The van der Waals surface area contributed by atoms with Gasteiger partial charge in [-0.2, -0.15) is 0 Å². The molecule has 1 N–H and O–H groups in total. The Bertz CT molecular complexity index is 854. The average molecular weight is 319 g/mol. The molecule has 3 heterocycles. The van der Waals surface area contributed by atoms with Crippen LogP contribution in [-0.2, 0) is 0 Å². The number of fused-ring (bicyclic) bond motifs is 3. The number of pyridine rings is 1. The third-order valence-electron chi connectivity index (χ3n) is 4.19. The Hall–Kier alpha value is -1.46. The molecule has 0 aliphatic heterocycles. The summed E-state index contributed by atoms with van der Waals surface area (Å²) >= 11 is 8.00. The molecule has 21 heavy (non-hydrogen) atoms. The molecule has 1 aliphatic rings. The number of nitrogens with zero attached hydrogens (tertiary/aromatic N) is 3. The van der Waals surface area contributed by atoms with Crippen molar-refractivity contribution >= 4 is 49.2 Å². The Labute approximate surface area is 131 Å². The van der Waals surface area contributed by atoms with Gasteiger partial charge in [0.1, 0.15) is 17.0 Å². The van der Waals surface area contributed by atoms with E-state index in [1.54, 1.807) is 17.7 Å². The van der Waals surface area contributed by atoms with Gasteiger partial charge in [-0.3, -0.25) is 0 Å². The van der Waals surface area contributed by atoms with Crippen LogP contribution >= 0.6 is 22.9 Å². The summed E-state index contributed by atoms with van der Waals surface area (Å²) in [6.45, 7) is 3.98. The Morgan fingerprint density at radius 1 is 1.29 bits per heavy atom. The number of aromatic nitrogens is 3. The van der Waals surface area contributed by atoms with Gasteiger partial charge in [0.25, 0.3) is 0 Å². The van der Waals surface area contributed by atoms with Crippen molar-refractivity contribution in [3.8, 4) is 0 Å². The minimum Gasteiger partial charge on any atom is -0.366 e. The standard InChI is InChI=1S/C15H15ClN4S/c1-7-10-12-13(21-15(10)19-8(2)11(7)16)14(18-6-17-12)20-9-4-3-5-9/h6,9H,3-5H2,1-2H3,(H,17,18,20). The van der Waals surface area contributed by atoms with Crippen molar-refractivity contribution in [2.75, 3.05) is 5.32 Å². The van der Waals surface area contributed by atoms with E-state index in [1.807, 2.05) is 13.8 Å². The Balaban J connectivity index is 1.98. The number of nitrogens with one attached hydrogen (secondary N) is 1. The lowest BCUT2D eigenvalue weighted by molar-refractivity contribution is 0.445. The fraction of sp³-hybridized carbons (Fsp3) is 0.400. The summed E-state index contributed by atoms with van der Waals surface area (Å²) in [5, 5.41) is 5.32. The number of rotatable bonds is 2. The monoisotopic (exact) mass is 318 g/mol. The number of aryl methyl sites for hydroxylation is 2. The molecule has 4 nitrogen and oxygen atoms in total. The van der Waals surface area contributed by atoms with Crippen molar-refractivity contribution in [1.29, 1.82) is 0 Å². The maximum absolute atomic E-state index is 6.35. The molecule has 0 unspecified atom stereocenters. The summed E-state index contributed by atoms with van der Waals surface area (Å²) in [6, 6.07) is 0.549. The Morgan fingerprint density at radius 3 is 2.81 bits per heavy atom. The van der Waals surface area contributed by atoms with Crippen LogP contribution in [0.3, 0.4) is 0 Å². The van der Waals surface area contributed by atoms with Crippen LogP contribution in [-0.4, -0.2) is 21.0 Å². The zero-order valence-corrected chi connectivity index (χ0v) is 13.5. The molecule has 3 aromatic rings. The van der Waals surface area contributed by atoms with Gasteiger partial charge in [0.2, 0.25) is 0 Å². The molecule has 0 radical (unpaired) electrons. The molecule has 0 bridgehead atoms. The van der Waals surface area contributed by atoms with E-state index < -0.39 is 0 Å². The molecule has 0 spiro atoms. The highest BCUT2D eigenvalue weighted by molar-refractivity contribution is 7.26. The maximum atomic E-state index is 6.35. The van der Waals surface area contributed by atoms with Gasteiger partial charge in [0.05, 0.1) is 20.9 Å². The molecule has 0 atom stereocenters. The van der Waals surface area contributed by atoms with Crippen LogP contribution in [0.1, 0.15) is 30.5 Å². The molecule has 1 fully saturated rings. The third kappa shape index (κ3) is 1.99. The maximum Gasteiger partial charge on any atom is 0.147 e. The van der Waals surface area contributed by atoms with Gasteiger partial charge in [0.15, 0.2) is 0 Å². The third-order valence-corrected chi connectivity index (χ3v) is 5.83. The predicted octanol–water partition coefficient (Wildman–Crippen LogP) is 4.47. The van der Waals surface area contributed by atoms with E-state index in [-0.39, 0.29) is 0 Å². The van der Waals surface area contributed by atoms with Crippen LogP contribution in [0.5, 0.6) is 0 Å². The van der Waals surface area contributed by atoms with E-state index in [2.05, 4.69) is 20.3 Å². The molecule has 1 saturated carbocycles. The smallest absolute Gasteiger partial charge is 0.147 e. The normalized spacial score (nSPS) is 15.6. The van der Waals surface area contributed by atoms with E-state index in [0.717, 1.165) is 42.5 Å². The van der Waals surface area contributed by atoms with Gasteiger partial charge in [-0.25, -0.2) is 15.0 Å². The summed E-state index contributed by atoms with van der Waals surface area (Å²) in [5.74, 6) is 0.931. The molecular weight excluding hydrogens is 304 g/mol. The molecule has 6 heteroatoms. The van der Waals surface area contributed by atoms with Crippen molar-refractivity contribution in [3.05, 3.63) is 22.6 Å². The highest BCUT2D eigenvalue weighted by Crippen LogP contribution is 2.39. The molecule has 0 saturated heterocycles. The number of halogens is 1. The first kappa shape index (κ1) is 13.2. The van der Waals surface area contributed by atoms with Gasteiger partial charge in [-0.1, -0.05) is 11.6 Å². The molecule has 4 rings (SSSR count). The lowest BCUT2D eigenvalue weighted by Gasteiger charge is -2.26. The molecule has 3 aromatic heterocycles. The van der Waals surface area contributed by atoms with Crippen molar-refractivity contribution in [2.45, 2.75) is 39.2 Å². The Kier molecular flexibility index (Phi) is 3.01. The highest BCUT2D eigenvalue weighted by Gasteiger charge is 2.21. The average Bonchev–Trinajstić information content (AvgIpc) is 2.79. The van der Waals surface area contributed by atoms with E-state index in [4.69, 9.17) is 11.6 Å². The summed E-state index contributed by atoms with van der Waals surface area (Å²) in [4.78, 5) is 14.5. The summed E-state index contributed by atoms with van der Waals surface area (Å²) in [6.07, 6.45) is 5.37. The fourth-order valence-electron chi connectivity index (χ4n) is 2.75. The van der Waals surface area contributed by atoms with Gasteiger partial charge >= 0.3 is 0 Å². The van der Waals surface area contributed by atoms with Gasteiger partial charge in [0, 0.05) is 11.4 Å². The van der Waals surface area contributed by atoms with Crippen molar-refractivity contribution in [2.24, 2.45) is 0 Å². The second kappa shape index (κ2) is 4.78. The van der Waals surface area contributed by atoms with E-state index in [0.29, 0.717) is 6.04 Å². The van der Waals surface area contributed by atoms with Crippen LogP contribution in [0.15, 0.2) is 6.33 Å². The molecule has 0 amide bonds. The highest BCUT2D eigenvalue weighted by atomic mass is 35.5. The van der Waals surface area contributed by atoms with Crippen LogP contribution in [0.4, 0.5) is 5.82 Å². The quantitative estimate of drug-likeness (QED) is 0.757. The van der Waals surface area contributed by atoms with Crippen LogP contribution in [0.25, 0.3) is 20.4 Å². The number of hydrogen-bond acceptors (Lipinski definition) is 5. The first-order valence-electron chi connectivity index (χ1n) is 7.11. The van der Waals surface area contributed by atoms with Crippen molar-refractivity contribution in [1.82, 2.24) is 15.0 Å². The SMILES string of the molecule is Cc1nc2sc3c(NC4CCC4)ncnc3c2c(C)c1Cl. The molecule has 0 aromatic carbocycles.